The lowest BCUT2D eigenvalue weighted by Crippen LogP contribution is -2.52. The molecule has 2 aliphatic rings. The first-order valence-corrected chi connectivity index (χ1v) is 13.6. The van der Waals surface area contributed by atoms with E-state index in [9.17, 15) is 13.2 Å². The van der Waals surface area contributed by atoms with Crippen LogP contribution in [0.1, 0.15) is 48.2 Å². The Kier molecular flexibility index (Phi) is 5.76. The second kappa shape index (κ2) is 8.49. The molecule has 10 heteroatoms. The number of rotatable bonds is 4. The first kappa shape index (κ1) is 23.0. The number of amides is 1. The summed E-state index contributed by atoms with van der Waals surface area (Å²) in [5.41, 5.74) is 2.84. The predicted octanol–water partition coefficient (Wildman–Crippen LogP) is 2.83. The van der Waals surface area contributed by atoms with Gasteiger partial charge < -0.3 is 9.32 Å². The zero-order valence-electron chi connectivity index (χ0n) is 20.1. The number of hydrogen-bond acceptors (Lipinski definition) is 7. The molecule has 0 saturated carbocycles. The standard InChI is InChI=1S/C24H31N5O4S/c1-15(2)29-23-21(13-25-29)20(12-22(26-23)19-11-16(3)33-17(19)4)24(30)28-8-6-27(7-9-28)18-5-10-34(31,32)14-18/h11-13,15,18H,5-10,14H2,1-4H3. The molecule has 2 aliphatic heterocycles. The van der Waals surface area contributed by atoms with Gasteiger partial charge >= 0.3 is 0 Å². The number of sulfone groups is 1. The Bertz CT molecular complexity index is 1350. The number of carbonyl (C=O) groups excluding carboxylic acids is 1. The minimum atomic E-state index is -2.93. The van der Waals surface area contributed by atoms with Gasteiger partial charge in [0.2, 0.25) is 0 Å². The number of piperazine rings is 1. The number of pyridine rings is 1. The van der Waals surface area contributed by atoms with Crippen molar-refractivity contribution in [2.45, 2.75) is 46.2 Å². The number of fused-ring (bicyclic) bond motifs is 1. The molecule has 0 aromatic carbocycles. The maximum atomic E-state index is 13.7. The van der Waals surface area contributed by atoms with Crippen LogP contribution in [0.15, 0.2) is 22.7 Å². The summed E-state index contributed by atoms with van der Waals surface area (Å²) in [6.07, 6.45) is 2.41. The van der Waals surface area contributed by atoms with Crippen molar-refractivity contribution in [2.75, 3.05) is 37.7 Å². The van der Waals surface area contributed by atoms with Gasteiger partial charge in [-0.25, -0.2) is 18.1 Å². The Morgan fingerprint density at radius 2 is 1.88 bits per heavy atom. The van der Waals surface area contributed by atoms with E-state index in [1.807, 2.05) is 49.4 Å². The fourth-order valence-corrected chi connectivity index (χ4v) is 6.88. The summed E-state index contributed by atoms with van der Waals surface area (Å²) in [7, 11) is -2.93. The Labute approximate surface area is 199 Å². The van der Waals surface area contributed by atoms with Crippen LogP contribution in [0.25, 0.3) is 22.3 Å². The van der Waals surface area contributed by atoms with E-state index in [0.29, 0.717) is 49.5 Å². The van der Waals surface area contributed by atoms with Gasteiger partial charge in [0.1, 0.15) is 11.5 Å². The Morgan fingerprint density at radius 3 is 2.47 bits per heavy atom. The van der Waals surface area contributed by atoms with Gasteiger partial charge in [-0.3, -0.25) is 9.69 Å². The van der Waals surface area contributed by atoms with Gasteiger partial charge in [-0.2, -0.15) is 5.10 Å². The van der Waals surface area contributed by atoms with Gasteiger partial charge in [-0.15, -0.1) is 0 Å². The minimum absolute atomic E-state index is 0.0477. The molecule has 0 spiro atoms. The Morgan fingerprint density at radius 1 is 1.15 bits per heavy atom. The van der Waals surface area contributed by atoms with Crippen molar-refractivity contribution in [2.24, 2.45) is 0 Å². The Hall–Kier alpha value is -2.72. The SMILES string of the molecule is Cc1cc(-c2cc(C(=O)N3CCN(C4CCS(=O)(=O)C4)CC3)c3cnn(C(C)C)c3n2)c(C)o1. The Balaban J connectivity index is 1.46. The number of carbonyl (C=O) groups is 1. The molecule has 1 amide bonds. The molecule has 0 bridgehead atoms. The van der Waals surface area contributed by atoms with Gasteiger partial charge in [0, 0.05) is 43.8 Å². The van der Waals surface area contributed by atoms with E-state index in [4.69, 9.17) is 9.40 Å². The van der Waals surface area contributed by atoms with Crippen LogP contribution >= 0.6 is 0 Å². The third-order valence-electron chi connectivity index (χ3n) is 6.93. The van der Waals surface area contributed by atoms with Crippen molar-refractivity contribution in [3.05, 3.63) is 35.4 Å². The van der Waals surface area contributed by atoms with Crippen molar-refractivity contribution in [3.8, 4) is 11.3 Å². The zero-order chi connectivity index (χ0) is 24.2. The lowest BCUT2D eigenvalue weighted by atomic mass is 10.1. The number of aromatic nitrogens is 3. The average Bonchev–Trinajstić information content (AvgIpc) is 3.48. The topological polar surface area (TPSA) is 102 Å². The highest BCUT2D eigenvalue weighted by molar-refractivity contribution is 7.91. The molecule has 3 aromatic rings. The molecule has 1 atom stereocenters. The molecule has 3 aromatic heterocycles. The molecule has 5 rings (SSSR count). The molecule has 5 heterocycles. The molecule has 34 heavy (non-hydrogen) atoms. The van der Waals surface area contributed by atoms with Crippen LogP contribution < -0.4 is 0 Å². The second-order valence-electron chi connectivity index (χ2n) is 9.69. The summed E-state index contributed by atoms with van der Waals surface area (Å²) >= 11 is 0. The molecule has 9 nitrogen and oxygen atoms in total. The van der Waals surface area contributed by atoms with Crippen molar-refractivity contribution >= 4 is 26.8 Å². The van der Waals surface area contributed by atoms with E-state index < -0.39 is 9.84 Å². The molecule has 2 fully saturated rings. The summed E-state index contributed by atoms with van der Waals surface area (Å²) in [5.74, 6) is 2.01. The van der Waals surface area contributed by atoms with Gasteiger partial charge in [0.25, 0.3) is 5.91 Å². The van der Waals surface area contributed by atoms with E-state index in [0.717, 1.165) is 22.5 Å². The van der Waals surface area contributed by atoms with E-state index in [1.54, 1.807) is 6.20 Å². The highest BCUT2D eigenvalue weighted by Gasteiger charge is 2.35. The normalized spacial score (nSPS) is 21.1. The third-order valence-corrected chi connectivity index (χ3v) is 8.68. The van der Waals surface area contributed by atoms with Gasteiger partial charge in [-0.1, -0.05) is 0 Å². The van der Waals surface area contributed by atoms with Crippen molar-refractivity contribution < 1.29 is 17.6 Å². The number of nitrogens with zero attached hydrogens (tertiary/aromatic N) is 5. The van der Waals surface area contributed by atoms with Crippen LogP contribution in [-0.4, -0.2) is 82.6 Å². The third kappa shape index (κ3) is 4.13. The molecule has 0 aliphatic carbocycles. The van der Waals surface area contributed by atoms with Crippen molar-refractivity contribution in [3.63, 3.8) is 0 Å². The van der Waals surface area contributed by atoms with Crippen molar-refractivity contribution in [1.29, 1.82) is 0 Å². The molecular formula is C24H31N5O4S. The van der Waals surface area contributed by atoms with Crippen LogP contribution in [0.5, 0.6) is 0 Å². The maximum absolute atomic E-state index is 13.7. The molecule has 0 radical (unpaired) electrons. The quantitative estimate of drug-likeness (QED) is 0.560. The van der Waals surface area contributed by atoms with E-state index in [2.05, 4.69) is 10.00 Å². The predicted molar refractivity (Wildman–Crippen MR) is 130 cm³/mol. The summed E-state index contributed by atoms with van der Waals surface area (Å²) in [6.45, 7) is 10.4. The van der Waals surface area contributed by atoms with Gasteiger partial charge in [-0.05, 0) is 46.2 Å². The highest BCUT2D eigenvalue weighted by Crippen LogP contribution is 2.31. The van der Waals surface area contributed by atoms with E-state index in [-0.39, 0.29) is 29.5 Å². The summed E-state index contributed by atoms with van der Waals surface area (Å²) < 4.78 is 31.3. The van der Waals surface area contributed by atoms with E-state index >= 15 is 0 Å². The molecule has 2 saturated heterocycles. The molecule has 1 unspecified atom stereocenters. The fourth-order valence-electron chi connectivity index (χ4n) is 5.12. The molecular weight excluding hydrogens is 454 g/mol. The van der Waals surface area contributed by atoms with Crippen LogP contribution in [0.3, 0.4) is 0 Å². The second-order valence-corrected chi connectivity index (χ2v) is 11.9. The largest absolute Gasteiger partial charge is 0.466 e. The summed E-state index contributed by atoms with van der Waals surface area (Å²) in [5, 5.41) is 5.26. The van der Waals surface area contributed by atoms with Crippen LogP contribution in [0.2, 0.25) is 0 Å². The van der Waals surface area contributed by atoms with Crippen LogP contribution in [0.4, 0.5) is 0 Å². The zero-order valence-corrected chi connectivity index (χ0v) is 20.9. The molecule has 0 N–H and O–H groups in total. The van der Waals surface area contributed by atoms with Crippen molar-refractivity contribution in [1.82, 2.24) is 24.6 Å². The maximum Gasteiger partial charge on any atom is 0.254 e. The van der Waals surface area contributed by atoms with Gasteiger partial charge in [0.05, 0.1) is 34.3 Å². The molecule has 182 valence electrons. The summed E-state index contributed by atoms with van der Waals surface area (Å²) in [6, 6.07) is 3.96. The van der Waals surface area contributed by atoms with Crippen LogP contribution in [0, 0.1) is 13.8 Å². The highest BCUT2D eigenvalue weighted by atomic mass is 32.2. The van der Waals surface area contributed by atoms with E-state index in [1.165, 1.54) is 0 Å². The summed E-state index contributed by atoms with van der Waals surface area (Å²) in [4.78, 5) is 22.7. The monoisotopic (exact) mass is 485 g/mol. The number of hydrogen-bond donors (Lipinski definition) is 0. The smallest absolute Gasteiger partial charge is 0.254 e. The first-order chi connectivity index (χ1) is 16.1. The fraction of sp³-hybridized carbons (Fsp3) is 0.542. The van der Waals surface area contributed by atoms with Gasteiger partial charge in [0.15, 0.2) is 15.5 Å². The average molecular weight is 486 g/mol. The number of aryl methyl sites for hydroxylation is 2. The number of furan rings is 1. The lowest BCUT2D eigenvalue weighted by Gasteiger charge is -2.37. The minimum Gasteiger partial charge on any atom is -0.466 e. The lowest BCUT2D eigenvalue weighted by molar-refractivity contribution is 0.0589. The van der Waals surface area contributed by atoms with Crippen LogP contribution in [-0.2, 0) is 9.84 Å². The first-order valence-electron chi connectivity index (χ1n) is 11.8.